The maximum atomic E-state index is 16.2. The number of carbonyl (C=O) groups excluding carboxylic acids is 2. The van der Waals surface area contributed by atoms with Crippen molar-refractivity contribution in [2.75, 3.05) is 44.4 Å². The van der Waals surface area contributed by atoms with E-state index >= 15 is 4.39 Å². The van der Waals surface area contributed by atoms with Gasteiger partial charge in [0, 0.05) is 78.4 Å². The minimum atomic E-state index is -0.978. The molecule has 1 saturated carbocycles. The minimum absolute atomic E-state index is 0.0357. The zero-order valence-corrected chi connectivity index (χ0v) is 46.5. The van der Waals surface area contributed by atoms with Gasteiger partial charge >= 0.3 is 6.01 Å². The average Bonchev–Trinajstić information content (AvgIpc) is 3.89. The van der Waals surface area contributed by atoms with Crippen LogP contribution in [0.25, 0.3) is 54.6 Å². The average molecular weight is 1120 g/mol. The van der Waals surface area contributed by atoms with Crippen molar-refractivity contribution in [3.05, 3.63) is 112 Å². The van der Waals surface area contributed by atoms with Crippen molar-refractivity contribution in [1.29, 1.82) is 0 Å². The summed E-state index contributed by atoms with van der Waals surface area (Å²) in [6.07, 6.45) is 6.91. The Kier molecular flexibility index (Phi) is 14.2. The zero-order chi connectivity index (χ0) is 55.6. The number of benzene rings is 4. The van der Waals surface area contributed by atoms with Crippen LogP contribution in [0.4, 0.5) is 10.2 Å². The number of fused-ring (bicyclic) bond motifs is 4. The number of thiazole rings is 1. The molecule has 8 heterocycles. The summed E-state index contributed by atoms with van der Waals surface area (Å²) in [5, 5.41) is 46.0. The Hall–Kier alpha value is -7.43. The van der Waals surface area contributed by atoms with Crippen LogP contribution in [0.15, 0.2) is 78.6 Å². The number of H-pyrrole nitrogens is 1. The highest BCUT2D eigenvalue weighted by molar-refractivity contribution is 7.13. The van der Waals surface area contributed by atoms with E-state index in [2.05, 4.69) is 47.1 Å². The number of anilines is 1. The summed E-state index contributed by atoms with van der Waals surface area (Å²) in [7, 11) is 0. The number of hydrogen-bond donors (Lipinski definition) is 5. The number of carbonyl (C=O) groups is 2. The summed E-state index contributed by atoms with van der Waals surface area (Å²) in [5.41, 5.74) is 10.8. The molecule has 0 spiro atoms. The number of aliphatic hydroxyl groups excluding tert-OH is 2. The number of likely N-dealkylation sites (tertiary alicyclic amines) is 1. The molecule has 4 saturated heterocycles. The summed E-state index contributed by atoms with van der Waals surface area (Å²) in [6, 6.07) is 17.4. The van der Waals surface area contributed by atoms with E-state index < -0.39 is 30.1 Å². The highest BCUT2D eigenvalue weighted by Gasteiger charge is 2.44. The third kappa shape index (κ3) is 10.2. The van der Waals surface area contributed by atoms with Crippen LogP contribution in [-0.4, -0.2) is 137 Å². The molecule has 6 atom stereocenters. The van der Waals surface area contributed by atoms with Gasteiger partial charge in [0.1, 0.15) is 47.6 Å². The van der Waals surface area contributed by atoms with E-state index in [1.807, 2.05) is 76.2 Å². The molecule has 2 amide bonds. The van der Waals surface area contributed by atoms with Crippen LogP contribution in [-0.2, 0) is 20.9 Å². The molecule has 420 valence electrons. The van der Waals surface area contributed by atoms with Crippen LogP contribution in [0.3, 0.4) is 0 Å². The van der Waals surface area contributed by atoms with Crippen LogP contribution in [0.1, 0.15) is 98.3 Å². The van der Waals surface area contributed by atoms with Crippen molar-refractivity contribution in [2.45, 2.75) is 121 Å². The SMILES string of the molecule is Cc1ncsc1-c1ccc([C@@H](CO)NC(=O)[C@@H]2C[C@@H](O)CN2C(=O)[C@H](C(C)C)n2cc(-c3ccc(COc4c(-c5c(C)c(F)cc6[nH]ncc56)c(C5CC5)cc5c(N6C[C@H]7C[C@H]6CN7)nc(OC6CCOCC6)nc45)cc3)nn2)cc1. The summed E-state index contributed by atoms with van der Waals surface area (Å²) in [6.45, 7) is 10.2. The second kappa shape index (κ2) is 21.8. The van der Waals surface area contributed by atoms with Crippen LogP contribution >= 0.6 is 11.3 Å². The molecule has 21 heteroatoms. The fraction of sp³-hybridized carbons (Fsp3) is 0.433. The van der Waals surface area contributed by atoms with Gasteiger partial charge in [-0.15, -0.1) is 16.4 Å². The lowest BCUT2D eigenvalue weighted by atomic mass is 9.88. The first kappa shape index (κ1) is 52.9. The summed E-state index contributed by atoms with van der Waals surface area (Å²) >= 11 is 1.54. The van der Waals surface area contributed by atoms with Crippen molar-refractivity contribution in [2.24, 2.45) is 5.92 Å². The number of aromatic nitrogens is 8. The summed E-state index contributed by atoms with van der Waals surface area (Å²) in [5.74, 6) is 0.0881. The molecule has 0 unspecified atom stereocenters. The molecule has 5 N–H and O–H groups in total. The molecule has 2 bridgehead atoms. The predicted molar refractivity (Wildman–Crippen MR) is 303 cm³/mol. The predicted octanol–water partition coefficient (Wildman–Crippen LogP) is 7.88. The molecule has 8 aromatic rings. The minimum Gasteiger partial charge on any atom is -0.486 e. The number of piperazine rings is 1. The van der Waals surface area contributed by atoms with Gasteiger partial charge in [0.05, 0.1) is 66.0 Å². The number of ether oxygens (including phenoxy) is 3. The number of β-amino-alcohol motifs (C(OH)–C–C–N with tert-alkyl or cyclic N) is 1. The topological polar surface area (TPSA) is 231 Å². The van der Waals surface area contributed by atoms with Crippen molar-refractivity contribution in [3.63, 3.8) is 0 Å². The van der Waals surface area contributed by atoms with E-state index in [0.29, 0.717) is 58.4 Å². The van der Waals surface area contributed by atoms with Gasteiger partial charge in [0.15, 0.2) is 5.75 Å². The number of rotatable bonds is 17. The Balaban J connectivity index is 0.785. The maximum Gasteiger partial charge on any atom is 0.319 e. The van der Waals surface area contributed by atoms with E-state index in [1.54, 1.807) is 29.2 Å². The second-order valence-corrected chi connectivity index (χ2v) is 23.6. The quantitative estimate of drug-likeness (QED) is 0.0584. The maximum absolute atomic E-state index is 16.2. The molecular weight excluding hydrogens is 1050 g/mol. The van der Waals surface area contributed by atoms with Crippen LogP contribution in [0, 0.1) is 25.6 Å². The van der Waals surface area contributed by atoms with E-state index in [1.165, 1.54) is 15.6 Å². The lowest BCUT2D eigenvalue weighted by Gasteiger charge is -2.31. The highest BCUT2D eigenvalue weighted by Crippen LogP contribution is 2.54. The van der Waals surface area contributed by atoms with Gasteiger partial charge in [-0.1, -0.05) is 67.6 Å². The smallest absolute Gasteiger partial charge is 0.319 e. The third-order valence-corrected chi connectivity index (χ3v) is 17.9. The van der Waals surface area contributed by atoms with E-state index in [9.17, 15) is 19.8 Å². The number of aliphatic hydroxyl groups is 2. The molecule has 4 aliphatic heterocycles. The molecule has 5 aliphatic rings. The molecule has 19 nitrogen and oxygen atoms in total. The first-order valence-electron chi connectivity index (χ1n) is 28.2. The van der Waals surface area contributed by atoms with Gasteiger partial charge in [-0.3, -0.25) is 14.7 Å². The van der Waals surface area contributed by atoms with Crippen molar-refractivity contribution in [3.8, 4) is 44.6 Å². The number of aryl methyl sites for hydroxylation is 1. The van der Waals surface area contributed by atoms with E-state index in [-0.39, 0.29) is 67.9 Å². The number of amides is 2. The van der Waals surface area contributed by atoms with Gasteiger partial charge < -0.3 is 44.9 Å². The number of hydrogen-bond acceptors (Lipinski definition) is 16. The summed E-state index contributed by atoms with van der Waals surface area (Å²) in [4.78, 5) is 48.3. The van der Waals surface area contributed by atoms with Gasteiger partial charge in [-0.25, -0.2) is 14.1 Å². The molecule has 0 radical (unpaired) electrons. The lowest BCUT2D eigenvalue weighted by molar-refractivity contribution is -0.142. The van der Waals surface area contributed by atoms with Crippen molar-refractivity contribution >= 4 is 50.8 Å². The van der Waals surface area contributed by atoms with Gasteiger partial charge in [-0.05, 0) is 84.9 Å². The molecule has 5 fully saturated rings. The molecular formula is C60H65FN12O7S. The molecule has 13 rings (SSSR count). The van der Waals surface area contributed by atoms with Gasteiger partial charge in [0.2, 0.25) is 11.8 Å². The molecule has 1 aliphatic carbocycles. The largest absolute Gasteiger partial charge is 0.486 e. The monoisotopic (exact) mass is 1120 g/mol. The first-order chi connectivity index (χ1) is 39.4. The van der Waals surface area contributed by atoms with Crippen molar-refractivity contribution < 1.29 is 38.4 Å². The second-order valence-electron chi connectivity index (χ2n) is 22.7. The first-order valence-corrected chi connectivity index (χ1v) is 29.0. The standard InChI is InChI=1S/C60H65FN12O7S/c1-31(2)54(59(77)72-26-41(75)20-50(72)58(76)65-49(28-74)37-11-13-38(14-12-37)56-33(4)63-30-81-56)73-27-48(69-70-73)36-7-5-34(6-8-36)29-79-55-52(51-32(3)46(61)22-47-45(51)24-64-68-47)43(35-9-10-35)21-44-53(55)66-60(80-42-15-17-78-18-16-42)67-57(44)71-25-39-19-40(71)23-62-39/h5-8,11-14,21-22,24,27,30-31,35,39-42,49-50,54,62,74-75H,9-10,15-20,23,25-26,28-29H2,1-4H3,(H,64,68)(H,65,76)/t39-,40+,41-,49-,50+,54+/m1/s1. The third-order valence-electron chi connectivity index (χ3n) is 16.9. The fourth-order valence-electron chi connectivity index (χ4n) is 12.5. The van der Waals surface area contributed by atoms with E-state index in [0.717, 1.165) is 100 Å². The Morgan fingerprint density at radius 2 is 1.75 bits per heavy atom. The number of aromatic amines is 1. The van der Waals surface area contributed by atoms with Crippen LogP contribution in [0.2, 0.25) is 0 Å². The van der Waals surface area contributed by atoms with Crippen LogP contribution in [0.5, 0.6) is 11.8 Å². The highest BCUT2D eigenvalue weighted by atomic mass is 32.1. The fourth-order valence-corrected chi connectivity index (χ4v) is 13.3. The molecule has 4 aromatic carbocycles. The van der Waals surface area contributed by atoms with Crippen molar-refractivity contribution in [1.82, 2.24) is 55.7 Å². The van der Waals surface area contributed by atoms with E-state index in [4.69, 9.17) is 24.2 Å². The number of halogens is 1. The Morgan fingerprint density at radius 1 is 0.963 bits per heavy atom. The normalized spacial score (nSPS) is 20.9. The van der Waals surface area contributed by atoms with Gasteiger partial charge in [-0.2, -0.15) is 15.1 Å². The van der Waals surface area contributed by atoms with Crippen LogP contribution < -0.4 is 25.0 Å². The zero-order valence-electron chi connectivity index (χ0n) is 45.6. The lowest BCUT2D eigenvalue weighted by Crippen LogP contribution is -2.50. The Morgan fingerprint density at radius 3 is 2.46 bits per heavy atom. The number of nitrogens with zero attached hydrogens (tertiary/aromatic N) is 9. The number of nitrogens with one attached hydrogen (secondary N) is 3. The van der Waals surface area contributed by atoms with Gasteiger partial charge in [0.25, 0.3) is 0 Å². The Labute approximate surface area is 471 Å². The molecule has 4 aromatic heterocycles. The Bertz CT molecular complexity index is 3650. The summed E-state index contributed by atoms with van der Waals surface area (Å²) < 4.78 is 37.2. The molecule has 81 heavy (non-hydrogen) atoms.